The van der Waals surface area contributed by atoms with Crippen molar-refractivity contribution in [1.82, 2.24) is 9.80 Å². The van der Waals surface area contributed by atoms with Gasteiger partial charge in [0.25, 0.3) is 0 Å². The second-order valence-corrected chi connectivity index (χ2v) is 12.5. The van der Waals surface area contributed by atoms with Gasteiger partial charge in [-0.2, -0.15) is 0 Å². The van der Waals surface area contributed by atoms with Gasteiger partial charge in [-0.15, -0.1) is 0 Å². The van der Waals surface area contributed by atoms with Crippen LogP contribution in [-0.4, -0.2) is 67.4 Å². The van der Waals surface area contributed by atoms with Gasteiger partial charge in [-0.25, -0.2) is 18.4 Å². The summed E-state index contributed by atoms with van der Waals surface area (Å²) in [7, 11) is 5.45. The Balaban J connectivity index is 1.46. The van der Waals surface area contributed by atoms with E-state index in [1.54, 1.807) is 20.8 Å². The maximum absolute atomic E-state index is 14.9. The average Bonchev–Trinajstić information content (AvgIpc) is 3.35. The van der Waals surface area contributed by atoms with E-state index in [9.17, 15) is 18.4 Å². The summed E-state index contributed by atoms with van der Waals surface area (Å²) in [5, 5.41) is 0. The van der Waals surface area contributed by atoms with Crippen LogP contribution in [0.15, 0.2) is 42.5 Å². The van der Waals surface area contributed by atoms with Gasteiger partial charge in [-0.05, 0) is 90.1 Å². The van der Waals surface area contributed by atoms with Crippen LogP contribution in [0.25, 0.3) is 0 Å². The number of nitrogens with zero attached hydrogens (tertiary/aromatic N) is 2. The average molecular weight is 573 g/mol. The molecule has 2 aromatic rings. The predicted molar refractivity (Wildman–Crippen MR) is 152 cm³/mol. The van der Waals surface area contributed by atoms with Gasteiger partial charge in [0.1, 0.15) is 23.6 Å². The molecule has 2 aliphatic rings. The predicted octanol–water partition coefficient (Wildman–Crippen LogP) is 6.08. The van der Waals surface area contributed by atoms with Crippen molar-refractivity contribution in [3.05, 3.63) is 65.2 Å². The monoisotopic (exact) mass is 572 g/mol. The molecule has 1 heterocycles. The number of likely N-dealkylation sites (tertiary alicyclic amines) is 1. The van der Waals surface area contributed by atoms with Gasteiger partial charge in [0.15, 0.2) is 11.6 Å². The van der Waals surface area contributed by atoms with Gasteiger partial charge in [-0.3, -0.25) is 9.80 Å². The van der Waals surface area contributed by atoms with Gasteiger partial charge in [0.05, 0.1) is 13.7 Å². The summed E-state index contributed by atoms with van der Waals surface area (Å²) < 4.78 is 46.1. The van der Waals surface area contributed by atoms with E-state index in [-0.39, 0.29) is 30.2 Å². The maximum atomic E-state index is 14.9. The first-order valence-corrected chi connectivity index (χ1v) is 14.3. The topological polar surface area (TPSA) is 68.3 Å². The molecule has 224 valence electrons. The van der Waals surface area contributed by atoms with Crippen LogP contribution >= 0.6 is 0 Å². The summed E-state index contributed by atoms with van der Waals surface area (Å²) in [6, 6.07) is 11.8. The van der Waals surface area contributed by atoms with Crippen LogP contribution in [0.1, 0.15) is 64.0 Å². The minimum atomic E-state index is -0.924. The lowest BCUT2D eigenvalue weighted by Gasteiger charge is -2.45. The highest BCUT2D eigenvalue weighted by molar-refractivity contribution is 5.82. The molecule has 7 nitrogen and oxygen atoms in total. The molecule has 1 saturated heterocycles. The molecular weight excluding hydrogens is 530 g/mol. The van der Waals surface area contributed by atoms with Gasteiger partial charge < -0.3 is 14.2 Å². The number of hydrogen-bond acceptors (Lipinski definition) is 6. The molecule has 2 aromatic carbocycles. The molecule has 1 aliphatic heterocycles. The van der Waals surface area contributed by atoms with Crippen LogP contribution in [0.4, 0.5) is 13.6 Å². The lowest BCUT2D eigenvalue weighted by Crippen LogP contribution is -2.44. The van der Waals surface area contributed by atoms with Crippen molar-refractivity contribution in [1.29, 1.82) is 0 Å². The van der Waals surface area contributed by atoms with E-state index in [4.69, 9.17) is 14.2 Å². The zero-order chi connectivity index (χ0) is 29.9. The number of methoxy groups -OCH3 is 1. The van der Waals surface area contributed by atoms with Crippen LogP contribution < -0.4 is 4.74 Å². The minimum absolute atomic E-state index is 0.00948. The Hall–Kier alpha value is -3.20. The number of halogens is 2. The number of esters is 1. The van der Waals surface area contributed by atoms with Crippen molar-refractivity contribution >= 4 is 12.1 Å². The largest absolute Gasteiger partial charge is 0.485 e. The van der Waals surface area contributed by atoms with E-state index >= 15 is 0 Å². The Bertz CT molecular complexity index is 1220. The summed E-state index contributed by atoms with van der Waals surface area (Å²) in [6.45, 7) is 5.19. The van der Waals surface area contributed by atoms with Crippen LogP contribution in [0.2, 0.25) is 0 Å². The second-order valence-electron chi connectivity index (χ2n) is 12.5. The first-order valence-electron chi connectivity index (χ1n) is 14.3. The lowest BCUT2D eigenvalue weighted by molar-refractivity contribution is -0.145. The summed E-state index contributed by atoms with van der Waals surface area (Å²) >= 11 is 0. The van der Waals surface area contributed by atoms with Gasteiger partial charge in [0.2, 0.25) is 0 Å². The Morgan fingerprint density at radius 2 is 1.71 bits per heavy atom. The Morgan fingerprint density at radius 3 is 2.29 bits per heavy atom. The molecule has 0 spiro atoms. The van der Waals surface area contributed by atoms with Gasteiger partial charge in [-0.1, -0.05) is 30.3 Å². The minimum Gasteiger partial charge on any atom is -0.485 e. The highest BCUT2D eigenvalue weighted by Gasteiger charge is 2.44. The molecular formula is C32H42F2N2O5. The van der Waals surface area contributed by atoms with Crippen LogP contribution in [0, 0.1) is 17.6 Å². The van der Waals surface area contributed by atoms with E-state index in [1.807, 2.05) is 6.07 Å². The number of rotatable bonds is 7. The fourth-order valence-electron chi connectivity index (χ4n) is 6.17. The summed E-state index contributed by atoms with van der Waals surface area (Å²) in [5.41, 5.74) is 0.858. The highest BCUT2D eigenvalue weighted by Crippen LogP contribution is 2.44. The molecule has 0 aromatic heterocycles. The van der Waals surface area contributed by atoms with Crippen molar-refractivity contribution in [3.63, 3.8) is 0 Å². The number of carbonyl (C=O) groups is 2. The van der Waals surface area contributed by atoms with Crippen LogP contribution in [0.3, 0.4) is 0 Å². The van der Waals surface area contributed by atoms with Crippen molar-refractivity contribution in [2.45, 2.75) is 82.6 Å². The smallest absolute Gasteiger partial charge is 0.411 e. The third-order valence-corrected chi connectivity index (χ3v) is 8.37. The Morgan fingerprint density at radius 1 is 1.05 bits per heavy atom. The van der Waals surface area contributed by atoms with Crippen molar-refractivity contribution < 1.29 is 32.6 Å². The molecule has 0 bridgehead atoms. The van der Waals surface area contributed by atoms with E-state index in [1.165, 1.54) is 23.6 Å². The zero-order valence-electron chi connectivity index (χ0n) is 24.9. The molecule has 1 aliphatic carbocycles. The van der Waals surface area contributed by atoms with E-state index in [0.29, 0.717) is 12.0 Å². The number of benzene rings is 2. The molecule has 4 rings (SSSR count). The van der Waals surface area contributed by atoms with Crippen molar-refractivity contribution in [2.75, 3.05) is 27.7 Å². The summed E-state index contributed by atoms with van der Waals surface area (Å²) in [5.74, 6) is -1.88. The first-order chi connectivity index (χ1) is 19.3. The zero-order valence-corrected chi connectivity index (χ0v) is 24.9. The number of carbonyl (C=O) groups excluding carboxylic acids is 2. The molecule has 0 unspecified atom stereocenters. The SMILES string of the molecule is COC(=O)[C@@H]1C[C@H](Oc2cc(CC3CCC(c4ccccc4)(N(C)C)CC3)c(F)cc2F)CN1C(=O)OC(C)(C)C. The molecule has 0 radical (unpaired) electrons. The number of amides is 1. The summed E-state index contributed by atoms with van der Waals surface area (Å²) in [4.78, 5) is 28.7. The fourth-order valence-corrected chi connectivity index (χ4v) is 6.17. The van der Waals surface area contributed by atoms with E-state index in [0.717, 1.165) is 31.7 Å². The number of hydrogen-bond donors (Lipinski definition) is 0. The third kappa shape index (κ3) is 7.00. The summed E-state index contributed by atoms with van der Waals surface area (Å²) in [6.07, 6.45) is 2.91. The first kappa shape index (κ1) is 30.8. The van der Waals surface area contributed by atoms with Gasteiger partial charge >= 0.3 is 12.1 Å². The molecule has 2 fully saturated rings. The number of ether oxygens (including phenoxy) is 3. The van der Waals surface area contributed by atoms with Crippen LogP contribution in [-0.2, 0) is 26.2 Å². The highest BCUT2D eigenvalue weighted by atomic mass is 19.1. The van der Waals surface area contributed by atoms with E-state index in [2.05, 4.69) is 43.3 Å². The van der Waals surface area contributed by atoms with Gasteiger partial charge in [0, 0.05) is 18.0 Å². The second kappa shape index (κ2) is 12.3. The molecule has 2 atom stereocenters. The standard InChI is InChI=1S/C32H42F2N2O5/c1-31(2,3)41-30(38)36-20-24(18-27(36)29(37)39-6)40-28-17-22(25(33)19-26(28)34)16-21-12-14-32(15-13-21,35(4)5)23-10-8-7-9-11-23/h7-11,17,19,21,24,27H,12-16,18,20H2,1-6H3/t21?,24-,27-,32?/m0/s1. The lowest BCUT2D eigenvalue weighted by atomic mass is 9.70. The molecule has 1 saturated carbocycles. The quantitative estimate of drug-likeness (QED) is 0.375. The van der Waals surface area contributed by atoms with Crippen LogP contribution in [0.5, 0.6) is 5.75 Å². The third-order valence-electron chi connectivity index (χ3n) is 8.37. The Labute approximate surface area is 241 Å². The molecule has 41 heavy (non-hydrogen) atoms. The van der Waals surface area contributed by atoms with Crippen molar-refractivity contribution in [2.24, 2.45) is 5.92 Å². The molecule has 1 amide bonds. The fraction of sp³-hybridized carbons (Fsp3) is 0.562. The van der Waals surface area contributed by atoms with Crippen molar-refractivity contribution in [3.8, 4) is 5.75 Å². The Kier molecular flexibility index (Phi) is 9.26. The molecule has 0 N–H and O–H groups in total. The van der Waals surface area contributed by atoms with E-state index < -0.39 is 41.4 Å². The molecule has 9 heteroatoms. The maximum Gasteiger partial charge on any atom is 0.411 e. The normalized spacial score (nSPS) is 24.8.